The van der Waals surface area contributed by atoms with Gasteiger partial charge in [-0.25, -0.2) is 9.50 Å². The van der Waals surface area contributed by atoms with Gasteiger partial charge in [-0.3, -0.25) is 9.48 Å². The van der Waals surface area contributed by atoms with Crippen molar-refractivity contribution in [3.8, 4) is 0 Å². The Morgan fingerprint density at radius 1 is 1.15 bits per heavy atom. The molecular formula is C20H20N6O. The summed E-state index contributed by atoms with van der Waals surface area (Å²) in [5.74, 6) is -0.245. The number of anilines is 1. The van der Waals surface area contributed by atoms with Crippen LogP contribution in [0.1, 0.15) is 32.9 Å². The third-order valence-corrected chi connectivity index (χ3v) is 4.73. The van der Waals surface area contributed by atoms with Crippen molar-refractivity contribution in [3.63, 3.8) is 0 Å². The molecule has 4 aromatic rings. The van der Waals surface area contributed by atoms with Gasteiger partial charge in [0.2, 0.25) is 0 Å². The molecular weight excluding hydrogens is 340 g/mol. The first kappa shape index (κ1) is 17.0. The van der Waals surface area contributed by atoms with Gasteiger partial charge in [-0.15, -0.1) is 0 Å². The Morgan fingerprint density at radius 2 is 1.96 bits per heavy atom. The summed E-state index contributed by atoms with van der Waals surface area (Å²) in [6, 6.07) is 9.99. The molecule has 0 bridgehead atoms. The number of hydrogen-bond donors (Lipinski definition) is 1. The van der Waals surface area contributed by atoms with Gasteiger partial charge in [0.05, 0.1) is 29.8 Å². The average molecular weight is 360 g/mol. The molecule has 27 heavy (non-hydrogen) atoms. The van der Waals surface area contributed by atoms with Gasteiger partial charge in [0.15, 0.2) is 5.65 Å². The lowest BCUT2D eigenvalue weighted by atomic mass is 10.1. The highest BCUT2D eigenvalue weighted by Crippen LogP contribution is 2.22. The van der Waals surface area contributed by atoms with Gasteiger partial charge in [-0.2, -0.15) is 10.2 Å². The lowest BCUT2D eigenvalue weighted by molar-refractivity contribution is 0.102. The van der Waals surface area contributed by atoms with E-state index in [0.717, 1.165) is 17.1 Å². The van der Waals surface area contributed by atoms with Crippen LogP contribution in [0.4, 0.5) is 5.69 Å². The smallest absolute Gasteiger partial charge is 0.261 e. The van der Waals surface area contributed by atoms with E-state index in [9.17, 15) is 4.79 Å². The second-order valence-corrected chi connectivity index (χ2v) is 6.53. The molecule has 7 heteroatoms. The average Bonchev–Trinajstić information content (AvgIpc) is 3.20. The predicted octanol–water partition coefficient (Wildman–Crippen LogP) is 3.15. The second-order valence-electron chi connectivity index (χ2n) is 6.53. The summed E-state index contributed by atoms with van der Waals surface area (Å²) in [6.07, 6.45) is 4.93. The third-order valence-electron chi connectivity index (χ3n) is 4.73. The number of carbonyl (C=O) groups is 1. The van der Waals surface area contributed by atoms with Crippen LogP contribution in [0.3, 0.4) is 0 Å². The van der Waals surface area contributed by atoms with Gasteiger partial charge in [-0.1, -0.05) is 24.3 Å². The lowest BCUT2D eigenvalue weighted by Gasteiger charge is -2.09. The number of fused-ring (bicyclic) bond motifs is 1. The molecule has 136 valence electrons. The van der Waals surface area contributed by atoms with E-state index in [4.69, 9.17) is 0 Å². The van der Waals surface area contributed by atoms with Crippen LogP contribution in [-0.2, 0) is 6.54 Å². The Morgan fingerprint density at radius 3 is 2.78 bits per heavy atom. The molecule has 1 amide bonds. The molecule has 1 N–H and O–H groups in total. The molecule has 0 atom stereocenters. The maximum atomic E-state index is 12.8. The Hall–Kier alpha value is -3.48. The van der Waals surface area contributed by atoms with Crippen molar-refractivity contribution in [3.05, 3.63) is 77.0 Å². The fourth-order valence-corrected chi connectivity index (χ4v) is 3.15. The van der Waals surface area contributed by atoms with Crippen molar-refractivity contribution in [2.24, 2.45) is 0 Å². The summed E-state index contributed by atoms with van der Waals surface area (Å²) < 4.78 is 3.50. The first-order valence-corrected chi connectivity index (χ1v) is 8.73. The van der Waals surface area contributed by atoms with E-state index in [-0.39, 0.29) is 5.91 Å². The topological polar surface area (TPSA) is 77.1 Å². The number of amides is 1. The minimum absolute atomic E-state index is 0.245. The summed E-state index contributed by atoms with van der Waals surface area (Å²) in [4.78, 5) is 17.0. The summed E-state index contributed by atoms with van der Waals surface area (Å²) >= 11 is 0. The standard InChI is InChI=1S/C20H20N6O/c1-13-7-4-5-8-16(13)12-26-15(3)18(14(2)24-26)23-20(27)17-11-22-25-10-6-9-21-19(17)25/h4-11H,12H2,1-3H3,(H,23,27). The van der Waals surface area contributed by atoms with E-state index in [0.29, 0.717) is 17.8 Å². The Kier molecular flexibility index (Phi) is 4.19. The second kappa shape index (κ2) is 6.68. The largest absolute Gasteiger partial charge is 0.319 e. The van der Waals surface area contributed by atoms with E-state index in [1.807, 2.05) is 30.7 Å². The van der Waals surface area contributed by atoms with Gasteiger partial charge in [0.25, 0.3) is 5.91 Å². The zero-order chi connectivity index (χ0) is 19.0. The zero-order valence-corrected chi connectivity index (χ0v) is 15.5. The van der Waals surface area contributed by atoms with Crippen molar-refractivity contribution in [2.75, 3.05) is 5.32 Å². The van der Waals surface area contributed by atoms with Crippen LogP contribution in [0.2, 0.25) is 0 Å². The molecule has 0 aliphatic rings. The molecule has 0 aliphatic heterocycles. The monoisotopic (exact) mass is 360 g/mol. The number of nitrogens with one attached hydrogen (secondary N) is 1. The normalized spacial score (nSPS) is 11.1. The van der Waals surface area contributed by atoms with Crippen molar-refractivity contribution in [1.82, 2.24) is 24.4 Å². The Bertz CT molecular complexity index is 1140. The van der Waals surface area contributed by atoms with E-state index in [1.54, 1.807) is 23.0 Å². The zero-order valence-electron chi connectivity index (χ0n) is 15.5. The van der Waals surface area contributed by atoms with Crippen LogP contribution in [0.5, 0.6) is 0 Å². The number of hydrogen-bond acceptors (Lipinski definition) is 4. The van der Waals surface area contributed by atoms with Crippen molar-refractivity contribution in [1.29, 1.82) is 0 Å². The molecule has 3 heterocycles. The number of aromatic nitrogens is 5. The minimum atomic E-state index is -0.245. The predicted molar refractivity (Wildman–Crippen MR) is 103 cm³/mol. The summed E-state index contributed by atoms with van der Waals surface area (Å²) in [5, 5.41) is 11.8. The van der Waals surface area contributed by atoms with Crippen LogP contribution in [0, 0.1) is 20.8 Å². The van der Waals surface area contributed by atoms with Gasteiger partial charge >= 0.3 is 0 Å². The van der Waals surface area contributed by atoms with E-state index < -0.39 is 0 Å². The summed E-state index contributed by atoms with van der Waals surface area (Å²) in [5.41, 5.74) is 5.79. The van der Waals surface area contributed by atoms with Crippen LogP contribution >= 0.6 is 0 Å². The highest BCUT2D eigenvalue weighted by molar-refractivity contribution is 6.08. The fraction of sp³-hybridized carbons (Fsp3) is 0.200. The van der Waals surface area contributed by atoms with Gasteiger partial charge in [0.1, 0.15) is 5.56 Å². The minimum Gasteiger partial charge on any atom is -0.319 e. The number of carbonyl (C=O) groups excluding carboxylic acids is 1. The molecule has 0 aliphatic carbocycles. The first-order chi connectivity index (χ1) is 13.0. The van der Waals surface area contributed by atoms with Gasteiger partial charge in [0, 0.05) is 12.4 Å². The molecule has 3 aromatic heterocycles. The van der Waals surface area contributed by atoms with Crippen molar-refractivity contribution >= 4 is 17.2 Å². The molecule has 0 fully saturated rings. The van der Waals surface area contributed by atoms with Crippen molar-refractivity contribution < 1.29 is 4.79 Å². The lowest BCUT2D eigenvalue weighted by Crippen LogP contribution is -2.13. The summed E-state index contributed by atoms with van der Waals surface area (Å²) in [7, 11) is 0. The molecule has 0 saturated heterocycles. The molecule has 4 rings (SSSR count). The number of nitrogens with zero attached hydrogens (tertiary/aromatic N) is 5. The van der Waals surface area contributed by atoms with E-state index >= 15 is 0 Å². The molecule has 1 aromatic carbocycles. The molecule has 0 radical (unpaired) electrons. The molecule has 0 spiro atoms. The van der Waals surface area contributed by atoms with Crippen LogP contribution in [0.25, 0.3) is 5.65 Å². The third kappa shape index (κ3) is 3.08. The summed E-state index contributed by atoms with van der Waals surface area (Å²) in [6.45, 7) is 6.60. The molecule has 0 unspecified atom stereocenters. The number of rotatable bonds is 4. The SMILES string of the molecule is Cc1ccccc1Cn1nc(C)c(NC(=O)c2cnn3cccnc23)c1C. The van der Waals surface area contributed by atoms with Gasteiger partial charge < -0.3 is 5.32 Å². The Balaban J connectivity index is 1.62. The fourth-order valence-electron chi connectivity index (χ4n) is 3.15. The van der Waals surface area contributed by atoms with Crippen molar-refractivity contribution in [2.45, 2.75) is 27.3 Å². The highest BCUT2D eigenvalue weighted by atomic mass is 16.1. The first-order valence-electron chi connectivity index (χ1n) is 8.73. The molecule has 0 saturated carbocycles. The van der Waals surface area contributed by atoms with Crippen LogP contribution < -0.4 is 5.32 Å². The van der Waals surface area contributed by atoms with E-state index in [2.05, 4.69) is 39.6 Å². The quantitative estimate of drug-likeness (QED) is 0.606. The molecule has 7 nitrogen and oxygen atoms in total. The highest BCUT2D eigenvalue weighted by Gasteiger charge is 2.19. The Labute approximate surface area is 156 Å². The van der Waals surface area contributed by atoms with Crippen LogP contribution in [0.15, 0.2) is 48.9 Å². The number of benzene rings is 1. The van der Waals surface area contributed by atoms with Crippen LogP contribution in [-0.4, -0.2) is 30.3 Å². The number of aryl methyl sites for hydroxylation is 2. The van der Waals surface area contributed by atoms with E-state index in [1.165, 1.54) is 17.3 Å². The maximum Gasteiger partial charge on any atom is 0.261 e. The maximum absolute atomic E-state index is 12.8. The van der Waals surface area contributed by atoms with Gasteiger partial charge in [-0.05, 0) is 38.0 Å².